The van der Waals surface area contributed by atoms with Gasteiger partial charge < -0.3 is 5.32 Å². The molecule has 1 amide bonds. The van der Waals surface area contributed by atoms with Gasteiger partial charge in [-0.05, 0) is 66.0 Å². The standard InChI is InChI=1S/C23H20BrN3O/c1-14-4-8-17(9-5-14)21-22(27-13-16(3)7-11-20(27)26-21)23(28)25-19-10-6-15(2)12-18(19)24/h4-13H,1-3H3,(H,25,28). The molecule has 0 saturated carbocycles. The summed E-state index contributed by atoms with van der Waals surface area (Å²) in [6.07, 6.45) is 1.94. The van der Waals surface area contributed by atoms with E-state index >= 15 is 0 Å². The molecule has 0 unspecified atom stereocenters. The highest BCUT2D eigenvalue weighted by Gasteiger charge is 2.21. The fourth-order valence-corrected chi connectivity index (χ4v) is 3.78. The van der Waals surface area contributed by atoms with Gasteiger partial charge in [0.25, 0.3) is 5.91 Å². The van der Waals surface area contributed by atoms with Crippen LogP contribution in [0, 0.1) is 20.8 Å². The van der Waals surface area contributed by atoms with Crippen LogP contribution in [0.1, 0.15) is 27.2 Å². The van der Waals surface area contributed by atoms with Gasteiger partial charge in [0.1, 0.15) is 17.0 Å². The number of nitrogens with zero attached hydrogens (tertiary/aromatic N) is 2. The number of fused-ring (bicyclic) bond motifs is 1. The van der Waals surface area contributed by atoms with Crippen molar-refractivity contribution in [2.75, 3.05) is 5.32 Å². The Bertz CT molecular complexity index is 1190. The van der Waals surface area contributed by atoms with E-state index in [1.165, 1.54) is 0 Å². The van der Waals surface area contributed by atoms with Crippen LogP contribution in [0.5, 0.6) is 0 Å². The van der Waals surface area contributed by atoms with Crippen molar-refractivity contribution in [2.24, 2.45) is 0 Å². The van der Waals surface area contributed by atoms with Crippen LogP contribution in [-0.2, 0) is 0 Å². The molecular formula is C23H20BrN3O. The van der Waals surface area contributed by atoms with Gasteiger partial charge in [-0.2, -0.15) is 0 Å². The number of rotatable bonds is 3. The van der Waals surface area contributed by atoms with Crippen LogP contribution in [0.25, 0.3) is 16.9 Å². The number of hydrogen-bond acceptors (Lipinski definition) is 2. The number of anilines is 1. The second kappa shape index (κ2) is 7.24. The number of benzene rings is 2. The Morgan fingerprint density at radius 2 is 1.61 bits per heavy atom. The molecule has 4 rings (SSSR count). The van der Waals surface area contributed by atoms with Gasteiger partial charge in [0, 0.05) is 16.2 Å². The van der Waals surface area contributed by atoms with Gasteiger partial charge in [0.05, 0.1) is 5.69 Å². The van der Waals surface area contributed by atoms with E-state index in [0.29, 0.717) is 11.4 Å². The molecule has 0 aliphatic heterocycles. The number of amides is 1. The fourth-order valence-electron chi connectivity index (χ4n) is 3.18. The fraction of sp³-hybridized carbons (Fsp3) is 0.130. The van der Waals surface area contributed by atoms with Crippen LogP contribution in [0.2, 0.25) is 0 Å². The van der Waals surface area contributed by atoms with E-state index < -0.39 is 0 Å². The van der Waals surface area contributed by atoms with Crippen LogP contribution >= 0.6 is 15.9 Å². The molecule has 4 nitrogen and oxygen atoms in total. The van der Waals surface area contributed by atoms with E-state index in [-0.39, 0.29) is 5.91 Å². The van der Waals surface area contributed by atoms with Crippen LogP contribution in [0.4, 0.5) is 5.69 Å². The first-order valence-corrected chi connectivity index (χ1v) is 9.85. The summed E-state index contributed by atoms with van der Waals surface area (Å²) in [5.74, 6) is -0.196. The summed E-state index contributed by atoms with van der Waals surface area (Å²) in [4.78, 5) is 18.0. The van der Waals surface area contributed by atoms with E-state index in [4.69, 9.17) is 4.98 Å². The minimum absolute atomic E-state index is 0.196. The molecule has 2 aromatic carbocycles. The number of nitrogens with one attached hydrogen (secondary N) is 1. The number of pyridine rings is 1. The first-order valence-electron chi connectivity index (χ1n) is 9.05. The first-order chi connectivity index (χ1) is 13.4. The van der Waals surface area contributed by atoms with E-state index in [1.807, 2.05) is 86.0 Å². The van der Waals surface area contributed by atoms with Crippen molar-refractivity contribution in [1.82, 2.24) is 9.38 Å². The molecule has 0 aliphatic carbocycles. The van der Waals surface area contributed by atoms with Crippen LogP contribution in [0.3, 0.4) is 0 Å². The van der Waals surface area contributed by atoms with Crippen molar-refractivity contribution in [2.45, 2.75) is 20.8 Å². The molecular weight excluding hydrogens is 414 g/mol. The number of imidazole rings is 1. The smallest absolute Gasteiger partial charge is 0.275 e. The predicted octanol–water partition coefficient (Wildman–Crippen LogP) is 5.94. The molecule has 5 heteroatoms. The zero-order chi connectivity index (χ0) is 19.8. The Balaban J connectivity index is 1.85. The van der Waals surface area contributed by atoms with Crippen molar-refractivity contribution < 1.29 is 4.79 Å². The highest BCUT2D eigenvalue weighted by atomic mass is 79.9. The molecule has 0 radical (unpaired) electrons. The van der Waals surface area contributed by atoms with E-state index in [0.717, 1.165) is 38.1 Å². The lowest BCUT2D eigenvalue weighted by Gasteiger charge is -2.10. The molecule has 0 saturated heterocycles. The third-order valence-corrected chi connectivity index (χ3v) is 5.34. The quantitative estimate of drug-likeness (QED) is 0.434. The normalized spacial score (nSPS) is 11.0. The predicted molar refractivity (Wildman–Crippen MR) is 117 cm³/mol. The van der Waals surface area contributed by atoms with Crippen LogP contribution in [-0.4, -0.2) is 15.3 Å². The van der Waals surface area contributed by atoms with Gasteiger partial charge in [-0.25, -0.2) is 4.98 Å². The van der Waals surface area contributed by atoms with Crippen molar-refractivity contribution in [3.8, 4) is 11.3 Å². The number of hydrogen-bond donors (Lipinski definition) is 1. The summed E-state index contributed by atoms with van der Waals surface area (Å²) in [7, 11) is 0. The molecule has 0 bridgehead atoms. The van der Waals surface area contributed by atoms with Gasteiger partial charge in [-0.1, -0.05) is 42.0 Å². The van der Waals surface area contributed by atoms with Gasteiger partial charge in [0.15, 0.2) is 0 Å². The Labute approximate surface area is 172 Å². The number of carbonyl (C=O) groups excluding carboxylic acids is 1. The average molecular weight is 434 g/mol. The Morgan fingerprint density at radius 1 is 0.929 bits per heavy atom. The molecule has 1 N–H and O–H groups in total. The minimum Gasteiger partial charge on any atom is -0.320 e. The van der Waals surface area contributed by atoms with Crippen LogP contribution in [0.15, 0.2) is 65.3 Å². The van der Waals surface area contributed by atoms with Crippen molar-refractivity contribution in [3.63, 3.8) is 0 Å². The molecule has 4 aromatic rings. The summed E-state index contributed by atoms with van der Waals surface area (Å²) in [6.45, 7) is 6.06. The Kier molecular flexibility index (Phi) is 4.77. The lowest BCUT2D eigenvalue weighted by molar-refractivity contribution is 0.102. The minimum atomic E-state index is -0.196. The molecule has 0 atom stereocenters. The summed E-state index contributed by atoms with van der Waals surface area (Å²) < 4.78 is 2.71. The van der Waals surface area contributed by atoms with Crippen molar-refractivity contribution in [1.29, 1.82) is 0 Å². The van der Waals surface area contributed by atoms with Gasteiger partial charge in [-0.15, -0.1) is 0 Å². The second-order valence-electron chi connectivity index (χ2n) is 7.05. The highest BCUT2D eigenvalue weighted by Crippen LogP contribution is 2.28. The van der Waals surface area contributed by atoms with Gasteiger partial charge in [0.2, 0.25) is 0 Å². The topological polar surface area (TPSA) is 46.4 Å². The maximum atomic E-state index is 13.3. The third-order valence-electron chi connectivity index (χ3n) is 4.68. The summed E-state index contributed by atoms with van der Waals surface area (Å²) in [6, 6.07) is 17.9. The lowest BCUT2D eigenvalue weighted by atomic mass is 10.1. The maximum absolute atomic E-state index is 13.3. The number of aryl methyl sites for hydroxylation is 3. The largest absolute Gasteiger partial charge is 0.320 e. The molecule has 28 heavy (non-hydrogen) atoms. The summed E-state index contributed by atoms with van der Waals surface area (Å²) in [5, 5.41) is 3.03. The molecule has 0 fully saturated rings. The lowest BCUT2D eigenvalue weighted by Crippen LogP contribution is -2.16. The van der Waals surface area contributed by atoms with Gasteiger partial charge >= 0.3 is 0 Å². The van der Waals surface area contributed by atoms with Crippen molar-refractivity contribution in [3.05, 3.63) is 87.7 Å². The monoisotopic (exact) mass is 433 g/mol. The summed E-state index contributed by atoms with van der Waals surface area (Å²) >= 11 is 3.53. The highest BCUT2D eigenvalue weighted by molar-refractivity contribution is 9.10. The second-order valence-corrected chi connectivity index (χ2v) is 7.90. The maximum Gasteiger partial charge on any atom is 0.275 e. The number of carbonyl (C=O) groups is 1. The summed E-state index contributed by atoms with van der Waals surface area (Å²) in [5.41, 5.74) is 6.93. The molecule has 0 aliphatic rings. The molecule has 2 heterocycles. The number of aromatic nitrogens is 2. The third kappa shape index (κ3) is 3.45. The number of halogens is 1. The van der Waals surface area contributed by atoms with Gasteiger partial charge in [-0.3, -0.25) is 9.20 Å². The van der Waals surface area contributed by atoms with Crippen LogP contribution < -0.4 is 5.32 Å². The zero-order valence-electron chi connectivity index (χ0n) is 16.0. The van der Waals surface area contributed by atoms with E-state index in [2.05, 4.69) is 21.2 Å². The first kappa shape index (κ1) is 18.4. The SMILES string of the molecule is Cc1ccc(-c2nc3ccc(C)cn3c2C(=O)Nc2ccc(C)cc2Br)cc1. The Morgan fingerprint density at radius 3 is 2.32 bits per heavy atom. The average Bonchev–Trinajstić information content (AvgIpc) is 3.03. The molecule has 140 valence electrons. The zero-order valence-corrected chi connectivity index (χ0v) is 17.5. The van der Waals surface area contributed by atoms with E-state index in [1.54, 1.807) is 0 Å². The van der Waals surface area contributed by atoms with Crippen molar-refractivity contribution >= 4 is 33.2 Å². The molecule has 2 aromatic heterocycles. The van der Waals surface area contributed by atoms with E-state index in [9.17, 15) is 4.79 Å². The Hall–Kier alpha value is -2.92. The molecule has 0 spiro atoms.